The third kappa shape index (κ3) is 5.30. The highest BCUT2D eigenvalue weighted by Gasteiger charge is 2.34. The second kappa shape index (κ2) is 9.92. The molecule has 5 N–H and O–H groups in total. The van der Waals surface area contributed by atoms with Gasteiger partial charge in [0, 0.05) is 18.7 Å². The van der Waals surface area contributed by atoms with Crippen LogP contribution in [-0.2, 0) is 27.3 Å². The molecule has 0 saturated carbocycles. The molecule has 0 saturated heterocycles. The number of carbonyl (C=O) groups excluding carboxylic acids is 3. The molecule has 1 heterocycles. The van der Waals surface area contributed by atoms with Gasteiger partial charge >= 0.3 is 0 Å². The number of hydrogen-bond donors (Lipinski definition) is 4. The average Bonchev–Trinajstić information content (AvgIpc) is 2.81. The number of hydroxylamine groups is 1. The Labute approximate surface area is 178 Å². The lowest BCUT2D eigenvalue weighted by Crippen LogP contribution is -2.52. The molecular formula is C21H24N4O6. The summed E-state index contributed by atoms with van der Waals surface area (Å²) in [5.74, 6) is -0.292. The van der Waals surface area contributed by atoms with E-state index >= 15 is 0 Å². The fourth-order valence-electron chi connectivity index (χ4n) is 3.35. The van der Waals surface area contributed by atoms with E-state index in [1.807, 2.05) is 0 Å². The zero-order valence-electron chi connectivity index (χ0n) is 17.0. The van der Waals surface area contributed by atoms with Gasteiger partial charge in [-0.25, -0.2) is 5.48 Å². The predicted molar refractivity (Wildman–Crippen MR) is 111 cm³/mol. The molecule has 2 aromatic carbocycles. The summed E-state index contributed by atoms with van der Waals surface area (Å²) < 4.78 is 10.4. The highest BCUT2D eigenvalue weighted by Crippen LogP contribution is 2.28. The molecule has 0 bridgehead atoms. The SMILES string of the molecule is COc1ccc(NC(=O)[C@@H]2Cc3ccc(OCC(=O)NO)cc3CN2C(=O)CN)cc1. The first-order valence-corrected chi connectivity index (χ1v) is 9.57. The van der Waals surface area contributed by atoms with Crippen LogP contribution < -0.4 is 26.0 Å². The zero-order valence-corrected chi connectivity index (χ0v) is 17.0. The Morgan fingerprint density at radius 3 is 2.48 bits per heavy atom. The highest BCUT2D eigenvalue weighted by atomic mass is 16.5. The maximum atomic E-state index is 13.0. The number of hydrogen-bond acceptors (Lipinski definition) is 7. The van der Waals surface area contributed by atoms with Crippen molar-refractivity contribution < 1.29 is 29.1 Å². The van der Waals surface area contributed by atoms with Crippen molar-refractivity contribution in [2.45, 2.75) is 19.0 Å². The summed E-state index contributed by atoms with van der Waals surface area (Å²) in [5, 5.41) is 11.4. The first-order valence-electron chi connectivity index (χ1n) is 9.57. The van der Waals surface area contributed by atoms with E-state index in [9.17, 15) is 14.4 Å². The Hall–Kier alpha value is -3.63. The summed E-state index contributed by atoms with van der Waals surface area (Å²) in [7, 11) is 1.56. The monoisotopic (exact) mass is 428 g/mol. The number of methoxy groups -OCH3 is 1. The molecule has 10 heteroatoms. The maximum absolute atomic E-state index is 13.0. The van der Waals surface area contributed by atoms with Crippen LogP contribution in [0.1, 0.15) is 11.1 Å². The number of ether oxygens (including phenoxy) is 2. The van der Waals surface area contributed by atoms with Crippen LogP contribution in [0.2, 0.25) is 0 Å². The van der Waals surface area contributed by atoms with E-state index in [4.69, 9.17) is 20.4 Å². The van der Waals surface area contributed by atoms with Crippen molar-refractivity contribution in [1.29, 1.82) is 0 Å². The molecule has 1 aliphatic rings. The number of amides is 3. The molecule has 3 amide bonds. The third-order valence-electron chi connectivity index (χ3n) is 4.96. The van der Waals surface area contributed by atoms with Gasteiger partial charge in [0.15, 0.2) is 6.61 Å². The molecule has 164 valence electrons. The van der Waals surface area contributed by atoms with E-state index in [0.29, 0.717) is 23.6 Å². The molecule has 3 rings (SSSR count). The highest BCUT2D eigenvalue weighted by molar-refractivity contribution is 5.98. The number of benzene rings is 2. The van der Waals surface area contributed by atoms with Crippen molar-refractivity contribution in [1.82, 2.24) is 10.4 Å². The number of fused-ring (bicyclic) bond motifs is 1. The van der Waals surface area contributed by atoms with Crippen LogP contribution in [0.3, 0.4) is 0 Å². The molecule has 1 atom stereocenters. The molecule has 10 nitrogen and oxygen atoms in total. The summed E-state index contributed by atoms with van der Waals surface area (Å²) in [5.41, 5.74) is 9.31. The minimum absolute atomic E-state index is 0.176. The first-order chi connectivity index (χ1) is 14.9. The Morgan fingerprint density at radius 2 is 1.84 bits per heavy atom. The maximum Gasteiger partial charge on any atom is 0.281 e. The fraction of sp³-hybridized carbons (Fsp3) is 0.286. The second-order valence-corrected chi connectivity index (χ2v) is 6.92. The van der Waals surface area contributed by atoms with Gasteiger partial charge in [-0.15, -0.1) is 0 Å². The molecule has 0 fully saturated rings. The Bertz CT molecular complexity index is 963. The minimum atomic E-state index is -0.724. The lowest BCUT2D eigenvalue weighted by atomic mass is 9.93. The summed E-state index contributed by atoms with van der Waals surface area (Å²) >= 11 is 0. The van der Waals surface area contributed by atoms with Gasteiger partial charge in [0.05, 0.1) is 13.7 Å². The van der Waals surface area contributed by atoms with Gasteiger partial charge in [-0.1, -0.05) is 6.07 Å². The van der Waals surface area contributed by atoms with Crippen molar-refractivity contribution in [2.75, 3.05) is 25.6 Å². The Kier molecular flexibility index (Phi) is 7.06. The lowest BCUT2D eigenvalue weighted by Gasteiger charge is -2.36. The number of anilines is 1. The van der Waals surface area contributed by atoms with Gasteiger partial charge < -0.3 is 25.4 Å². The van der Waals surface area contributed by atoms with Crippen molar-refractivity contribution in [3.8, 4) is 11.5 Å². The Balaban J connectivity index is 1.78. The smallest absolute Gasteiger partial charge is 0.281 e. The molecule has 2 aromatic rings. The lowest BCUT2D eigenvalue weighted by molar-refractivity contribution is -0.138. The first kappa shape index (κ1) is 22.1. The van der Waals surface area contributed by atoms with E-state index in [1.54, 1.807) is 49.6 Å². The normalized spacial score (nSPS) is 14.9. The van der Waals surface area contributed by atoms with Crippen molar-refractivity contribution >= 4 is 23.4 Å². The number of rotatable bonds is 7. The molecule has 0 spiro atoms. The summed E-state index contributed by atoms with van der Waals surface area (Å²) in [4.78, 5) is 38.0. The van der Waals surface area contributed by atoms with Gasteiger partial charge in [0.2, 0.25) is 11.8 Å². The van der Waals surface area contributed by atoms with Crippen LogP contribution in [0.25, 0.3) is 0 Å². The van der Waals surface area contributed by atoms with E-state index in [2.05, 4.69) is 5.32 Å². The molecule has 1 aliphatic heterocycles. The molecule has 0 aliphatic carbocycles. The average molecular weight is 428 g/mol. The molecule has 0 aromatic heterocycles. The summed E-state index contributed by atoms with van der Waals surface area (Å²) in [6.07, 6.45) is 0.306. The fourth-order valence-corrected chi connectivity index (χ4v) is 3.35. The molecular weight excluding hydrogens is 404 g/mol. The predicted octanol–water partition coefficient (Wildman–Crippen LogP) is 0.430. The van der Waals surface area contributed by atoms with Gasteiger partial charge in [-0.05, 0) is 47.5 Å². The van der Waals surface area contributed by atoms with E-state index < -0.39 is 11.9 Å². The van der Waals surface area contributed by atoms with E-state index in [-0.39, 0.29) is 31.5 Å². The van der Waals surface area contributed by atoms with Gasteiger partial charge in [0.25, 0.3) is 5.91 Å². The zero-order chi connectivity index (χ0) is 22.4. The van der Waals surface area contributed by atoms with Gasteiger partial charge in [0.1, 0.15) is 17.5 Å². The second-order valence-electron chi connectivity index (χ2n) is 6.92. The molecule has 31 heavy (non-hydrogen) atoms. The van der Waals surface area contributed by atoms with Crippen LogP contribution in [0.15, 0.2) is 42.5 Å². The quantitative estimate of drug-likeness (QED) is 0.370. The van der Waals surface area contributed by atoms with Crippen molar-refractivity contribution in [3.63, 3.8) is 0 Å². The van der Waals surface area contributed by atoms with Gasteiger partial charge in [-0.2, -0.15) is 0 Å². The standard InChI is InChI=1S/C21H24N4O6/c1-30-16-6-3-15(4-7-16)23-21(28)18-9-13-2-5-17(31-12-19(26)24-29)8-14(13)11-25(18)20(27)10-22/h2-8,18,29H,9-12,22H2,1H3,(H,23,28)(H,24,26)/t18-/m0/s1. The summed E-state index contributed by atoms with van der Waals surface area (Å²) in [6, 6.07) is 11.3. The number of carbonyl (C=O) groups is 3. The van der Waals surface area contributed by atoms with Crippen molar-refractivity contribution in [3.05, 3.63) is 53.6 Å². The molecule has 0 radical (unpaired) electrons. The number of nitrogens with one attached hydrogen (secondary N) is 2. The summed E-state index contributed by atoms with van der Waals surface area (Å²) in [6.45, 7) is -0.405. The Morgan fingerprint density at radius 1 is 1.13 bits per heavy atom. The number of nitrogens with zero attached hydrogens (tertiary/aromatic N) is 1. The van der Waals surface area contributed by atoms with Gasteiger partial charge in [-0.3, -0.25) is 19.6 Å². The largest absolute Gasteiger partial charge is 0.497 e. The van der Waals surface area contributed by atoms with Crippen molar-refractivity contribution in [2.24, 2.45) is 5.73 Å². The number of nitrogens with two attached hydrogens (primary N) is 1. The van der Waals surface area contributed by atoms with E-state index in [0.717, 1.165) is 11.1 Å². The molecule has 0 unspecified atom stereocenters. The van der Waals surface area contributed by atoms with Crippen LogP contribution in [0.4, 0.5) is 5.69 Å². The third-order valence-corrected chi connectivity index (χ3v) is 4.96. The van der Waals surface area contributed by atoms with Crippen LogP contribution in [0.5, 0.6) is 11.5 Å². The van der Waals surface area contributed by atoms with Crippen LogP contribution >= 0.6 is 0 Å². The topological polar surface area (TPSA) is 143 Å². The van der Waals surface area contributed by atoms with Crippen LogP contribution in [-0.4, -0.2) is 54.1 Å². The van der Waals surface area contributed by atoms with Crippen LogP contribution in [0, 0.1) is 0 Å². The minimum Gasteiger partial charge on any atom is -0.497 e. The van der Waals surface area contributed by atoms with E-state index in [1.165, 1.54) is 10.4 Å².